The van der Waals surface area contributed by atoms with E-state index in [9.17, 15) is 0 Å². The van der Waals surface area contributed by atoms with Gasteiger partial charge in [-0.05, 0) is 26.8 Å². The first kappa shape index (κ1) is 14.6. The van der Waals surface area contributed by atoms with Crippen molar-refractivity contribution in [2.75, 3.05) is 6.61 Å². The van der Waals surface area contributed by atoms with Crippen molar-refractivity contribution in [3.05, 3.63) is 46.8 Å². The summed E-state index contributed by atoms with van der Waals surface area (Å²) in [6.07, 6.45) is 0. The molecule has 0 unspecified atom stereocenters. The topological polar surface area (TPSA) is 39.1 Å². The highest BCUT2D eigenvalue weighted by atomic mass is 16.5. The van der Waals surface area contributed by atoms with E-state index in [1.165, 1.54) is 16.8 Å². The van der Waals surface area contributed by atoms with Gasteiger partial charge < -0.3 is 10.1 Å². The van der Waals surface area contributed by atoms with Crippen LogP contribution in [-0.2, 0) is 20.1 Å². The number of nitrogens with zero attached hydrogens (tertiary/aromatic N) is 2. The minimum Gasteiger partial charge on any atom is -0.494 e. The van der Waals surface area contributed by atoms with E-state index >= 15 is 0 Å². The first-order chi connectivity index (χ1) is 9.63. The van der Waals surface area contributed by atoms with Crippen LogP contribution in [0.2, 0.25) is 0 Å². The number of hydrogen-bond donors (Lipinski definition) is 1. The van der Waals surface area contributed by atoms with E-state index in [-0.39, 0.29) is 0 Å². The number of ether oxygens (including phenoxy) is 1. The van der Waals surface area contributed by atoms with Crippen LogP contribution in [0.15, 0.2) is 24.3 Å². The fourth-order valence-corrected chi connectivity index (χ4v) is 2.34. The Morgan fingerprint density at radius 3 is 2.60 bits per heavy atom. The van der Waals surface area contributed by atoms with E-state index in [1.54, 1.807) is 0 Å². The van der Waals surface area contributed by atoms with Gasteiger partial charge in [0.15, 0.2) is 0 Å². The summed E-state index contributed by atoms with van der Waals surface area (Å²) in [7, 11) is 1.98. The Kier molecular flexibility index (Phi) is 4.79. The van der Waals surface area contributed by atoms with Gasteiger partial charge in [-0.3, -0.25) is 4.68 Å². The van der Waals surface area contributed by atoms with Crippen LogP contribution in [0.25, 0.3) is 0 Å². The molecule has 0 aliphatic heterocycles. The molecule has 0 aliphatic carbocycles. The molecule has 2 aromatic rings. The van der Waals surface area contributed by atoms with Crippen LogP contribution >= 0.6 is 0 Å². The van der Waals surface area contributed by atoms with Gasteiger partial charge in [0.25, 0.3) is 0 Å². The van der Waals surface area contributed by atoms with Crippen molar-refractivity contribution in [3.63, 3.8) is 0 Å². The van der Waals surface area contributed by atoms with Gasteiger partial charge in [-0.2, -0.15) is 5.10 Å². The minimum atomic E-state index is 0.692. The van der Waals surface area contributed by atoms with Crippen molar-refractivity contribution >= 4 is 0 Å². The molecule has 2 rings (SSSR count). The number of rotatable bonds is 6. The lowest BCUT2D eigenvalue weighted by molar-refractivity contribution is 0.335. The SMILES string of the molecule is CCOc1ccccc1CNCc1c(C)nn(C)c1C. The normalized spacial score (nSPS) is 10.8. The van der Waals surface area contributed by atoms with Crippen molar-refractivity contribution < 1.29 is 4.74 Å². The molecule has 0 bridgehead atoms. The second-order valence-corrected chi connectivity index (χ2v) is 4.92. The van der Waals surface area contributed by atoms with Crippen LogP contribution in [0.3, 0.4) is 0 Å². The molecule has 1 aromatic heterocycles. The Morgan fingerprint density at radius 1 is 1.20 bits per heavy atom. The Labute approximate surface area is 120 Å². The third-order valence-electron chi connectivity index (χ3n) is 3.55. The summed E-state index contributed by atoms with van der Waals surface area (Å²) >= 11 is 0. The van der Waals surface area contributed by atoms with Gasteiger partial charge in [0.05, 0.1) is 12.3 Å². The summed E-state index contributed by atoms with van der Waals surface area (Å²) in [5.41, 5.74) is 4.78. The molecule has 0 radical (unpaired) electrons. The first-order valence-electron chi connectivity index (χ1n) is 7.04. The molecule has 20 heavy (non-hydrogen) atoms. The van der Waals surface area contributed by atoms with Crippen molar-refractivity contribution in [1.82, 2.24) is 15.1 Å². The van der Waals surface area contributed by atoms with Gasteiger partial charge in [-0.1, -0.05) is 18.2 Å². The quantitative estimate of drug-likeness (QED) is 0.879. The molecule has 0 fully saturated rings. The van der Waals surface area contributed by atoms with E-state index in [1.807, 2.05) is 36.9 Å². The molecule has 0 amide bonds. The van der Waals surface area contributed by atoms with Crippen LogP contribution < -0.4 is 10.1 Å². The van der Waals surface area contributed by atoms with Crippen LogP contribution in [0.1, 0.15) is 29.4 Å². The van der Waals surface area contributed by atoms with Crippen molar-refractivity contribution in [2.24, 2.45) is 7.05 Å². The highest BCUT2D eigenvalue weighted by Crippen LogP contribution is 2.18. The molecule has 0 spiro atoms. The molecule has 4 nitrogen and oxygen atoms in total. The van der Waals surface area contributed by atoms with E-state index in [0.717, 1.165) is 24.5 Å². The molecule has 108 valence electrons. The second-order valence-electron chi connectivity index (χ2n) is 4.92. The van der Waals surface area contributed by atoms with Crippen LogP contribution in [0, 0.1) is 13.8 Å². The van der Waals surface area contributed by atoms with Crippen LogP contribution in [0.4, 0.5) is 0 Å². The lowest BCUT2D eigenvalue weighted by atomic mass is 10.1. The zero-order valence-corrected chi connectivity index (χ0v) is 12.7. The summed E-state index contributed by atoms with van der Waals surface area (Å²) in [5.74, 6) is 0.960. The summed E-state index contributed by atoms with van der Waals surface area (Å²) in [5, 5.41) is 7.91. The van der Waals surface area contributed by atoms with Crippen LogP contribution in [-0.4, -0.2) is 16.4 Å². The molecule has 4 heteroatoms. The van der Waals surface area contributed by atoms with Crippen molar-refractivity contribution in [3.8, 4) is 5.75 Å². The van der Waals surface area contributed by atoms with Gasteiger partial charge in [0.1, 0.15) is 5.75 Å². The van der Waals surface area contributed by atoms with E-state index in [2.05, 4.69) is 30.3 Å². The molecule has 1 heterocycles. The van der Waals surface area contributed by atoms with Gasteiger partial charge in [0, 0.05) is 37.0 Å². The predicted octanol–water partition coefficient (Wildman–Crippen LogP) is 2.73. The Morgan fingerprint density at radius 2 is 1.95 bits per heavy atom. The summed E-state index contributed by atoms with van der Waals surface area (Å²) < 4.78 is 7.57. The van der Waals surface area contributed by atoms with Gasteiger partial charge in [-0.15, -0.1) is 0 Å². The monoisotopic (exact) mass is 273 g/mol. The van der Waals surface area contributed by atoms with Crippen molar-refractivity contribution in [1.29, 1.82) is 0 Å². The van der Waals surface area contributed by atoms with E-state index in [0.29, 0.717) is 6.61 Å². The molecule has 1 aromatic carbocycles. The standard InChI is InChI=1S/C16H23N3O/c1-5-20-16-9-7-6-8-14(16)10-17-11-15-12(2)18-19(4)13(15)3/h6-9,17H,5,10-11H2,1-4H3. The zero-order chi connectivity index (χ0) is 14.5. The molecular weight excluding hydrogens is 250 g/mol. The molecular formula is C16H23N3O. The van der Waals surface area contributed by atoms with Gasteiger partial charge >= 0.3 is 0 Å². The molecule has 1 N–H and O–H groups in total. The largest absolute Gasteiger partial charge is 0.494 e. The third kappa shape index (κ3) is 3.20. The number of aryl methyl sites for hydroxylation is 2. The van der Waals surface area contributed by atoms with Gasteiger partial charge in [-0.25, -0.2) is 0 Å². The van der Waals surface area contributed by atoms with Gasteiger partial charge in [0.2, 0.25) is 0 Å². The lowest BCUT2D eigenvalue weighted by Gasteiger charge is -2.11. The minimum absolute atomic E-state index is 0.692. The number of nitrogens with one attached hydrogen (secondary N) is 1. The summed E-state index contributed by atoms with van der Waals surface area (Å²) in [6, 6.07) is 8.16. The molecule has 0 saturated heterocycles. The third-order valence-corrected chi connectivity index (χ3v) is 3.55. The number of benzene rings is 1. The second kappa shape index (κ2) is 6.57. The first-order valence-corrected chi connectivity index (χ1v) is 7.04. The molecule has 0 atom stereocenters. The molecule has 0 aliphatic rings. The highest BCUT2D eigenvalue weighted by Gasteiger charge is 2.09. The number of hydrogen-bond acceptors (Lipinski definition) is 3. The average molecular weight is 273 g/mol. The maximum absolute atomic E-state index is 5.63. The fourth-order valence-electron chi connectivity index (χ4n) is 2.34. The van der Waals surface area contributed by atoms with E-state index in [4.69, 9.17) is 4.74 Å². The zero-order valence-electron chi connectivity index (χ0n) is 12.7. The number of aromatic nitrogens is 2. The Bertz CT molecular complexity index is 575. The van der Waals surface area contributed by atoms with E-state index < -0.39 is 0 Å². The summed E-state index contributed by atoms with van der Waals surface area (Å²) in [6.45, 7) is 8.48. The van der Waals surface area contributed by atoms with Crippen LogP contribution in [0.5, 0.6) is 5.75 Å². The maximum Gasteiger partial charge on any atom is 0.123 e. The Balaban J connectivity index is 1.99. The fraction of sp³-hybridized carbons (Fsp3) is 0.438. The maximum atomic E-state index is 5.63. The highest BCUT2D eigenvalue weighted by molar-refractivity contribution is 5.33. The lowest BCUT2D eigenvalue weighted by Crippen LogP contribution is -2.14. The Hall–Kier alpha value is -1.81. The summed E-state index contributed by atoms with van der Waals surface area (Å²) in [4.78, 5) is 0. The average Bonchev–Trinajstić information content (AvgIpc) is 2.67. The predicted molar refractivity (Wildman–Crippen MR) is 80.8 cm³/mol. The number of para-hydroxylation sites is 1. The van der Waals surface area contributed by atoms with Crippen molar-refractivity contribution in [2.45, 2.75) is 33.9 Å². The molecule has 0 saturated carbocycles. The smallest absolute Gasteiger partial charge is 0.123 e.